The number of H-pyrrole nitrogens is 1. The largest absolute Gasteiger partial charge is 0.472 e. The number of pyridine rings is 2. The zero-order chi connectivity index (χ0) is 21.6. The molecule has 2 aliphatic rings. The van der Waals surface area contributed by atoms with Crippen LogP contribution < -0.4 is 4.74 Å². The van der Waals surface area contributed by atoms with Gasteiger partial charge >= 0.3 is 6.18 Å². The summed E-state index contributed by atoms with van der Waals surface area (Å²) in [6.45, 7) is 0.616. The van der Waals surface area contributed by atoms with Gasteiger partial charge in [-0.1, -0.05) is 0 Å². The van der Waals surface area contributed by atoms with Crippen LogP contribution in [0, 0.1) is 5.92 Å². The molecule has 0 spiro atoms. The van der Waals surface area contributed by atoms with E-state index in [0.29, 0.717) is 12.2 Å². The van der Waals surface area contributed by atoms with Crippen molar-refractivity contribution in [3.8, 4) is 17.1 Å². The molecule has 31 heavy (non-hydrogen) atoms. The lowest BCUT2D eigenvalue weighted by Gasteiger charge is -2.33. The first-order valence-corrected chi connectivity index (χ1v) is 10.00. The summed E-state index contributed by atoms with van der Waals surface area (Å²) in [7, 11) is 0. The van der Waals surface area contributed by atoms with Crippen LogP contribution in [-0.2, 0) is 6.18 Å². The number of nitrogens with one attached hydrogen (secondary N) is 1. The van der Waals surface area contributed by atoms with Gasteiger partial charge in [0.25, 0.3) is 5.91 Å². The number of rotatable bonds is 4. The maximum atomic E-state index is 13.4. The van der Waals surface area contributed by atoms with Crippen molar-refractivity contribution in [3.05, 3.63) is 66.2 Å². The molecule has 1 amide bonds. The first-order chi connectivity index (χ1) is 14.9. The summed E-state index contributed by atoms with van der Waals surface area (Å²) >= 11 is 0. The van der Waals surface area contributed by atoms with Gasteiger partial charge < -0.3 is 14.6 Å². The first-order valence-electron chi connectivity index (χ1n) is 10.00. The Bertz CT molecular complexity index is 1080. The van der Waals surface area contributed by atoms with E-state index in [1.807, 2.05) is 18.2 Å². The fourth-order valence-corrected chi connectivity index (χ4v) is 4.53. The molecule has 1 aliphatic heterocycles. The topological polar surface area (TPSA) is 71.1 Å². The van der Waals surface area contributed by atoms with Gasteiger partial charge in [-0.15, -0.1) is 0 Å². The number of ether oxygens (including phenoxy) is 1. The van der Waals surface area contributed by atoms with E-state index in [2.05, 4.69) is 15.0 Å². The first kappa shape index (κ1) is 19.6. The van der Waals surface area contributed by atoms with Gasteiger partial charge in [-0.3, -0.25) is 9.78 Å². The molecule has 3 aromatic rings. The average molecular weight is 428 g/mol. The molecular weight excluding hydrogens is 409 g/mol. The predicted octanol–water partition coefficient (Wildman–Crippen LogP) is 4.17. The highest BCUT2D eigenvalue weighted by Crippen LogP contribution is 2.41. The van der Waals surface area contributed by atoms with Crippen molar-refractivity contribution in [3.63, 3.8) is 0 Å². The molecule has 5 rings (SSSR count). The highest BCUT2D eigenvalue weighted by atomic mass is 19.4. The molecule has 0 unspecified atom stereocenters. The number of alkyl halides is 3. The van der Waals surface area contributed by atoms with Crippen LogP contribution in [0.25, 0.3) is 11.3 Å². The number of carbonyl (C=O) groups is 1. The van der Waals surface area contributed by atoms with Gasteiger partial charge in [-0.05, 0) is 49.1 Å². The number of likely N-dealkylation sites (tertiary alicyclic amines) is 1. The molecule has 1 N–H and O–H groups in total. The molecule has 3 aromatic heterocycles. The minimum absolute atomic E-state index is 0.128. The highest BCUT2D eigenvalue weighted by molar-refractivity contribution is 5.99. The second-order valence-corrected chi connectivity index (χ2v) is 7.88. The van der Waals surface area contributed by atoms with Gasteiger partial charge in [-0.25, -0.2) is 4.98 Å². The van der Waals surface area contributed by atoms with Gasteiger partial charge in [0.05, 0.1) is 11.6 Å². The van der Waals surface area contributed by atoms with Gasteiger partial charge in [-0.2, -0.15) is 13.2 Å². The summed E-state index contributed by atoms with van der Waals surface area (Å²) in [5, 5.41) is 0. The SMILES string of the molecule is O=C(c1ncccc1-c1ccc[nH]1)N1C[C@H]2C[C@@H](Oc3ccc(C(F)(F)F)cn3)[C@@H]1C2. The van der Waals surface area contributed by atoms with Crippen molar-refractivity contribution in [2.75, 3.05) is 6.54 Å². The molecule has 4 heterocycles. The monoisotopic (exact) mass is 428 g/mol. The van der Waals surface area contributed by atoms with Crippen LogP contribution in [0.1, 0.15) is 28.9 Å². The maximum Gasteiger partial charge on any atom is 0.417 e. The highest BCUT2D eigenvalue weighted by Gasteiger charge is 2.49. The van der Waals surface area contributed by atoms with Crippen LogP contribution >= 0.6 is 0 Å². The summed E-state index contributed by atoms with van der Waals surface area (Å²) in [5.74, 6) is 0.236. The number of hydrogen-bond acceptors (Lipinski definition) is 4. The van der Waals surface area contributed by atoms with Crippen LogP contribution in [0.15, 0.2) is 55.0 Å². The summed E-state index contributed by atoms with van der Waals surface area (Å²) < 4.78 is 44.1. The van der Waals surface area contributed by atoms with Gasteiger partial charge in [0.1, 0.15) is 11.8 Å². The molecule has 1 saturated heterocycles. The van der Waals surface area contributed by atoms with Crippen molar-refractivity contribution >= 4 is 5.91 Å². The van der Waals surface area contributed by atoms with Crippen LogP contribution in [0.2, 0.25) is 0 Å². The number of aromatic amines is 1. The number of halogens is 3. The van der Waals surface area contributed by atoms with E-state index < -0.39 is 11.7 Å². The summed E-state index contributed by atoms with van der Waals surface area (Å²) in [4.78, 5) is 26.4. The Morgan fingerprint density at radius 3 is 2.68 bits per heavy atom. The van der Waals surface area contributed by atoms with Crippen LogP contribution in [0.4, 0.5) is 13.2 Å². The second-order valence-electron chi connectivity index (χ2n) is 7.88. The van der Waals surface area contributed by atoms with E-state index in [-0.39, 0.29) is 29.9 Å². The molecule has 1 saturated carbocycles. The number of nitrogens with zero attached hydrogens (tertiary/aromatic N) is 3. The zero-order valence-corrected chi connectivity index (χ0v) is 16.3. The average Bonchev–Trinajstić information content (AvgIpc) is 3.50. The Kier molecular flexibility index (Phi) is 4.68. The number of piperidine rings is 1. The fourth-order valence-electron chi connectivity index (χ4n) is 4.53. The maximum absolute atomic E-state index is 13.4. The Balaban J connectivity index is 1.35. The molecule has 9 heteroatoms. The molecule has 1 aliphatic carbocycles. The Morgan fingerprint density at radius 1 is 1.13 bits per heavy atom. The van der Waals surface area contributed by atoms with Gasteiger partial charge in [0.15, 0.2) is 0 Å². The van der Waals surface area contributed by atoms with Crippen LogP contribution in [0.5, 0.6) is 5.88 Å². The molecule has 0 aromatic carbocycles. The molecule has 160 valence electrons. The lowest BCUT2D eigenvalue weighted by molar-refractivity contribution is -0.137. The van der Waals surface area contributed by atoms with E-state index >= 15 is 0 Å². The molecular formula is C22H19F3N4O2. The minimum atomic E-state index is -4.44. The van der Waals surface area contributed by atoms with Crippen molar-refractivity contribution in [2.24, 2.45) is 5.92 Å². The molecule has 2 fully saturated rings. The molecule has 3 atom stereocenters. The van der Waals surface area contributed by atoms with Gasteiger partial charge in [0.2, 0.25) is 5.88 Å². The van der Waals surface area contributed by atoms with Crippen molar-refractivity contribution in [1.82, 2.24) is 19.9 Å². The molecule has 6 nitrogen and oxygen atoms in total. The number of carbonyl (C=O) groups excluding carboxylic acids is 1. The van der Waals surface area contributed by atoms with Crippen molar-refractivity contribution in [2.45, 2.75) is 31.2 Å². The Morgan fingerprint density at radius 2 is 2.00 bits per heavy atom. The van der Waals surface area contributed by atoms with E-state index in [4.69, 9.17) is 4.74 Å². The Hall–Kier alpha value is -3.36. The minimum Gasteiger partial charge on any atom is -0.472 e. The van der Waals surface area contributed by atoms with E-state index in [1.165, 1.54) is 6.07 Å². The standard InChI is InChI=1S/C22H19F3N4O2/c23-22(24,25)14-5-6-19(28-11-14)31-18-10-13-9-17(18)29(12-13)21(30)20-15(3-1-8-27-20)16-4-2-7-26-16/h1-8,11,13,17-18,26H,9-10,12H2/t13-,17+,18-/m1/s1. The van der Waals surface area contributed by atoms with Crippen LogP contribution in [-0.4, -0.2) is 44.4 Å². The summed E-state index contributed by atoms with van der Waals surface area (Å²) in [5.41, 5.74) is 1.07. The lowest BCUT2D eigenvalue weighted by atomic mass is 10.1. The normalized spacial score (nSPS) is 22.7. The van der Waals surface area contributed by atoms with Crippen molar-refractivity contribution in [1.29, 1.82) is 0 Å². The van der Waals surface area contributed by atoms with E-state index in [0.717, 1.165) is 36.4 Å². The molecule has 2 bridgehead atoms. The predicted molar refractivity (Wildman–Crippen MR) is 105 cm³/mol. The second kappa shape index (κ2) is 7.40. The molecule has 0 radical (unpaired) electrons. The van der Waals surface area contributed by atoms with E-state index in [9.17, 15) is 18.0 Å². The summed E-state index contributed by atoms with van der Waals surface area (Å²) in [6.07, 6.45) is 0.918. The quantitative estimate of drug-likeness (QED) is 0.677. The number of fused-ring (bicyclic) bond motifs is 2. The lowest BCUT2D eigenvalue weighted by Crippen LogP contribution is -2.47. The third kappa shape index (κ3) is 3.64. The van der Waals surface area contributed by atoms with Crippen molar-refractivity contribution < 1.29 is 22.7 Å². The van der Waals surface area contributed by atoms with Gasteiger partial charge in [0, 0.05) is 42.5 Å². The third-order valence-corrected chi connectivity index (χ3v) is 5.92. The summed E-state index contributed by atoms with van der Waals surface area (Å²) in [6, 6.07) is 9.38. The Labute approximate surface area is 176 Å². The third-order valence-electron chi connectivity index (χ3n) is 5.92. The number of hydrogen-bond donors (Lipinski definition) is 1. The zero-order valence-electron chi connectivity index (χ0n) is 16.3. The number of aromatic nitrogens is 3. The fraction of sp³-hybridized carbons (Fsp3) is 0.318. The smallest absolute Gasteiger partial charge is 0.417 e. The van der Waals surface area contributed by atoms with Crippen LogP contribution in [0.3, 0.4) is 0 Å². The van der Waals surface area contributed by atoms with E-state index in [1.54, 1.807) is 23.4 Å². The number of amides is 1.